The summed E-state index contributed by atoms with van der Waals surface area (Å²) in [7, 11) is 1.30. The van der Waals surface area contributed by atoms with Crippen molar-refractivity contribution in [3.8, 4) is 0 Å². The number of nitrogens with zero attached hydrogens (tertiary/aromatic N) is 1. The van der Waals surface area contributed by atoms with Gasteiger partial charge in [0.1, 0.15) is 0 Å². The van der Waals surface area contributed by atoms with Crippen LogP contribution in [0.25, 0.3) is 0 Å². The van der Waals surface area contributed by atoms with E-state index >= 15 is 0 Å². The fourth-order valence-corrected chi connectivity index (χ4v) is 1.74. The molecule has 0 aromatic carbocycles. The molecule has 0 saturated heterocycles. The van der Waals surface area contributed by atoms with Crippen molar-refractivity contribution in [3.63, 3.8) is 0 Å². The van der Waals surface area contributed by atoms with E-state index in [1.54, 1.807) is 25.3 Å². The molecule has 0 aliphatic heterocycles. The maximum atomic E-state index is 11.4. The highest BCUT2D eigenvalue weighted by Crippen LogP contribution is 2.24. The zero-order valence-corrected chi connectivity index (χ0v) is 9.54. The molecule has 5 heteroatoms. The third-order valence-electron chi connectivity index (χ3n) is 1.86. The number of pyridine rings is 1. The summed E-state index contributed by atoms with van der Waals surface area (Å²) in [6, 6.07) is 3.53. The Hall–Kier alpha value is -0.940. The van der Waals surface area contributed by atoms with E-state index in [2.05, 4.69) is 25.7 Å². The van der Waals surface area contributed by atoms with Crippen molar-refractivity contribution in [1.82, 2.24) is 4.98 Å². The van der Waals surface area contributed by atoms with Crippen molar-refractivity contribution in [2.75, 3.05) is 7.11 Å². The number of hydrogen-bond donors (Lipinski definition) is 1. The summed E-state index contributed by atoms with van der Waals surface area (Å²) in [5.41, 5.74) is 5.06. The molecule has 0 radical (unpaired) electrons. The number of hydrogen-bond acceptors (Lipinski definition) is 4. The Balaban J connectivity index is 3.16. The van der Waals surface area contributed by atoms with Gasteiger partial charge in [-0.25, -0.2) is 4.79 Å². The number of nitrogens with two attached hydrogens (primary N) is 1. The van der Waals surface area contributed by atoms with E-state index in [0.29, 0.717) is 10.2 Å². The number of carbonyl (C=O) groups excluding carboxylic acids is 1. The average molecular weight is 259 g/mol. The van der Waals surface area contributed by atoms with E-state index in [9.17, 15) is 4.79 Å². The van der Waals surface area contributed by atoms with Crippen LogP contribution >= 0.6 is 15.9 Å². The van der Waals surface area contributed by atoms with Crippen LogP contribution in [0.4, 0.5) is 0 Å². The normalized spacial score (nSPS) is 14.6. The molecule has 1 rings (SSSR count). The molecule has 14 heavy (non-hydrogen) atoms. The molecule has 76 valence electrons. The lowest BCUT2D eigenvalue weighted by Crippen LogP contribution is -2.43. The largest absolute Gasteiger partial charge is 0.467 e. The first-order valence-corrected chi connectivity index (χ1v) is 4.77. The predicted octanol–water partition coefficient (Wildman–Crippen LogP) is 1.19. The summed E-state index contributed by atoms with van der Waals surface area (Å²) in [4.78, 5) is 15.4. The quantitative estimate of drug-likeness (QED) is 0.810. The van der Waals surface area contributed by atoms with Crippen LogP contribution in [0.15, 0.2) is 22.8 Å². The molecule has 0 amide bonds. The smallest absolute Gasteiger partial charge is 0.331 e. The standard InChI is InChI=1S/C9H11BrN2O2/c1-9(11,8(13)14-2)7-6(10)4-3-5-12-7/h3-5H,11H2,1-2H3. The van der Waals surface area contributed by atoms with E-state index in [4.69, 9.17) is 5.73 Å². The van der Waals surface area contributed by atoms with Gasteiger partial charge in [-0.1, -0.05) is 0 Å². The molecular weight excluding hydrogens is 248 g/mol. The Kier molecular flexibility index (Phi) is 3.23. The Morgan fingerprint density at radius 3 is 2.86 bits per heavy atom. The monoisotopic (exact) mass is 258 g/mol. The molecule has 4 nitrogen and oxygen atoms in total. The number of methoxy groups -OCH3 is 1. The average Bonchev–Trinajstić information content (AvgIpc) is 2.17. The van der Waals surface area contributed by atoms with E-state index in [1.807, 2.05) is 0 Å². The van der Waals surface area contributed by atoms with Crippen LogP contribution < -0.4 is 5.73 Å². The molecule has 0 saturated carbocycles. The minimum absolute atomic E-state index is 0.465. The Morgan fingerprint density at radius 2 is 2.36 bits per heavy atom. The zero-order chi connectivity index (χ0) is 10.8. The second-order valence-electron chi connectivity index (χ2n) is 3.03. The lowest BCUT2D eigenvalue weighted by atomic mass is 9.99. The van der Waals surface area contributed by atoms with Gasteiger partial charge in [0.2, 0.25) is 0 Å². The van der Waals surface area contributed by atoms with Gasteiger partial charge in [-0.2, -0.15) is 0 Å². The Labute approximate surface area is 90.6 Å². The molecule has 0 bridgehead atoms. The van der Waals surface area contributed by atoms with Gasteiger partial charge in [0, 0.05) is 10.7 Å². The summed E-state index contributed by atoms with van der Waals surface area (Å²) < 4.78 is 5.29. The topological polar surface area (TPSA) is 65.2 Å². The van der Waals surface area contributed by atoms with Crippen LogP contribution in [0, 0.1) is 0 Å². The molecule has 1 aromatic heterocycles. The maximum Gasteiger partial charge on any atom is 0.331 e. The lowest BCUT2D eigenvalue weighted by Gasteiger charge is -2.21. The summed E-state index contributed by atoms with van der Waals surface area (Å²) in [5.74, 6) is -0.517. The number of carbonyl (C=O) groups is 1. The summed E-state index contributed by atoms with van der Waals surface area (Å²) in [6.07, 6.45) is 1.58. The van der Waals surface area contributed by atoms with Gasteiger partial charge in [-0.05, 0) is 35.0 Å². The molecule has 0 fully saturated rings. The van der Waals surface area contributed by atoms with Gasteiger partial charge in [-0.3, -0.25) is 4.98 Å². The van der Waals surface area contributed by atoms with Crippen molar-refractivity contribution in [2.45, 2.75) is 12.5 Å². The fraction of sp³-hybridized carbons (Fsp3) is 0.333. The van der Waals surface area contributed by atoms with Gasteiger partial charge in [0.05, 0.1) is 12.8 Å². The molecule has 1 aromatic rings. The van der Waals surface area contributed by atoms with Crippen LogP contribution in [0.1, 0.15) is 12.6 Å². The van der Waals surface area contributed by atoms with Crippen LogP contribution in [-0.2, 0) is 15.1 Å². The number of ether oxygens (including phenoxy) is 1. The minimum atomic E-state index is -1.23. The highest BCUT2D eigenvalue weighted by atomic mass is 79.9. The van der Waals surface area contributed by atoms with Crippen molar-refractivity contribution >= 4 is 21.9 Å². The van der Waals surface area contributed by atoms with Gasteiger partial charge in [-0.15, -0.1) is 0 Å². The SMILES string of the molecule is COC(=O)C(C)(N)c1ncccc1Br. The molecule has 1 heterocycles. The predicted molar refractivity (Wildman–Crippen MR) is 55.5 cm³/mol. The van der Waals surface area contributed by atoms with Crippen LogP contribution in [-0.4, -0.2) is 18.1 Å². The summed E-state index contributed by atoms with van der Waals surface area (Å²) in [6.45, 7) is 1.56. The summed E-state index contributed by atoms with van der Waals surface area (Å²) in [5, 5.41) is 0. The van der Waals surface area contributed by atoms with E-state index in [1.165, 1.54) is 7.11 Å². The Bertz CT molecular complexity index is 352. The highest BCUT2D eigenvalue weighted by molar-refractivity contribution is 9.10. The van der Waals surface area contributed by atoms with E-state index in [0.717, 1.165) is 0 Å². The van der Waals surface area contributed by atoms with Crippen molar-refractivity contribution in [2.24, 2.45) is 5.73 Å². The maximum absolute atomic E-state index is 11.4. The van der Waals surface area contributed by atoms with Gasteiger partial charge >= 0.3 is 5.97 Å². The molecule has 0 aliphatic carbocycles. The third kappa shape index (κ3) is 1.93. The van der Waals surface area contributed by atoms with Crippen molar-refractivity contribution in [1.29, 1.82) is 0 Å². The fourth-order valence-electron chi connectivity index (χ4n) is 1.08. The van der Waals surface area contributed by atoms with Crippen LogP contribution in [0.5, 0.6) is 0 Å². The van der Waals surface area contributed by atoms with E-state index in [-0.39, 0.29) is 0 Å². The van der Waals surface area contributed by atoms with Crippen LogP contribution in [0.3, 0.4) is 0 Å². The van der Waals surface area contributed by atoms with E-state index < -0.39 is 11.5 Å². The van der Waals surface area contributed by atoms with Crippen LogP contribution in [0.2, 0.25) is 0 Å². The molecule has 1 unspecified atom stereocenters. The summed E-state index contributed by atoms with van der Waals surface area (Å²) >= 11 is 3.28. The number of halogens is 1. The van der Waals surface area contributed by atoms with Crippen molar-refractivity contribution < 1.29 is 9.53 Å². The molecular formula is C9H11BrN2O2. The Morgan fingerprint density at radius 1 is 1.71 bits per heavy atom. The molecule has 0 spiro atoms. The first kappa shape index (κ1) is 11.1. The second kappa shape index (κ2) is 4.06. The first-order chi connectivity index (χ1) is 6.50. The number of aromatic nitrogens is 1. The number of rotatable bonds is 2. The van der Waals surface area contributed by atoms with Gasteiger partial charge in [0.25, 0.3) is 0 Å². The lowest BCUT2D eigenvalue weighted by molar-refractivity contribution is -0.146. The highest BCUT2D eigenvalue weighted by Gasteiger charge is 2.34. The van der Waals surface area contributed by atoms with Gasteiger partial charge in [0.15, 0.2) is 5.54 Å². The second-order valence-corrected chi connectivity index (χ2v) is 3.88. The first-order valence-electron chi connectivity index (χ1n) is 3.98. The molecule has 0 aliphatic rings. The third-order valence-corrected chi connectivity index (χ3v) is 2.50. The molecule has 1 atom stereocenters. The molecule has 2 N–H and O–H groups in total. The minimum Gasteiger partial charge on any atom is -0.467 e. The van der Waals surface area contributed by atoms with Crippen molar-refractivity contribution in [3.05, 3.63) is 28.5 Å². The van der Waals surface area contributed by atoms with Gasteiger partial charge < -0.3 is 10.5 Å². The zero-order valence-electron chi connectivity index (χ0n) is 7.95. The number of esters is 1.